The summed E-state index contributed by atoms with van der Waals surface area (Å²) in [5, 5.41) is 3.15. The average Bonchev–Trinajstić information content (AvgIpc) is 2.05. The second-order valence-electron chi connectivity index (χ2n) is 3.04. The summed E-state index contributed by atoms with van der Waals surface area (Å²) in [4.78, 5) is 10.4. The Morgan fingerprint density at radius 1 is 1.18 bits per heavy atom. The summed E-state index contributed by atoms with van der Waals surface area (Å²) in [6.45, 7) is 6.32. The molecule has 0 N–H and O–H groups in total. The second kappa shape index (κ2) is 6.32. The van der Waals surface area contributed by atoms with Gasteiger partial charge in [0, 0.05) is 0 Å². The van der Waals surface area contributed by atoms with Crippen LogP contribution in [0.1, 0.15) is 46.5 Å². The third-order valence-electron chi connectivity index (χ3n) is 2.28. The third-order valence-corrected chi connectivity index (χ3v) is 2.28. The minimum atomic E-state index is 0.0555. The van der Waals surface area contributed by atoms with Crippen LogP contribution in [0.3, 0.4) is 0 Å². The van der Waals surface area contributed by atoms with Crippen molar-refractivity contribution in [2.75, 3.05) is 0 Å². The quantitative estimate of drug-likeness (QED) is 0.543. The summed E-state index contributed by atoms with van der Waals surface area (Å²) in [6, 6.07) is 0.0555. The van der Waals surface area contributed by atoms with Gasteiger partial charge in [0.05, 0.1) is 6.04 Å². The first-order chi connectivity index (χ1) is 5.29. The van der Waals surface area contributed by atoms with E-state index in [9.17, 15) is 4.91 Å². The molecule has 2 heteroatoms. The first-order valence-electron chi connectivity index (χ1n) is 4.62. The Hall–Kier alpha value is -0.400. The molecule has 0 aliphatic carbocycles. The van der Waals surface area contributed by atoms with Gasteiger partial charge in [-0.15, -0.1) is 0 Å². The maximum Gasteiger partial charge on any atom is 0.0945 e. The van der Waals surface area contributed by atoms with Crippen LogP contribution < -0.4 is 0 Å². The molecule has 2 atom stereocenters. The maximum absolute atomic E-state index is 10.4. The molecule has 0 aromatic heterocycles. The monoisotopic (exact) mass is 157 g/mol. The zero-order chi connectivity index (χ0) is 8.69. The number of rotatable bonds is 6. The minimum absolute atomic E-state index is 0.0555. The van der Waals surface area contributed by atoms with Crippen LogP contribution in [0, 0.1) is 10.8 Å². The van der Waals surface area contributed by atoms with Gasteiger partial charge in [-0.25, -0.2) is 0 Å². The van der Waals surface area contributed by atoms with Crippen LogP contribution in [0.5, 0.6) is 0 Å². The molecule has 0 aliphatic heterocycles. The molecule has 66 valence electrons. The van der Waals surface area contributed by atoms with Crippen molar-refractivity contribution in [3.8, 4) is 0 Å². The molecule has 0 rings (SSSR count). The molecule has 0 aliphatic rings. The number of hydrogen-bond acceptors (Lipinski definition) is 2. The van der Waals surface area contributed by atoms with Gasteiger partial charge in [0.15, 0.2) is 0 Å². The molecule has 0 aromatic carbocycles. The summed E-state index contributed by atoms with van der Waals surface area (Å²) in [7, 11) is 0. The van der Waals surface area contributed by atoms with Crippen LogP contribution >= 0.6 is 0 Å². The van der Waals surface area contributed by atoms with Gasteiger partial charge in [0.2, 0.25) is 0 Å². The first kappa shape index (κ1) is 10.6. The van der Waals surface area contributed by atoms with Crippen molar-refractivity contribution in [3.63, 3.8) is 0 Å². The fourth-order valence-corrected chi connectivity index (χ4v) is 1.53. The highest BCUT2D eigenvalue weighted by Gasteiger charge is 2.17. The van der Waals surface area contributed by atoms with E-state index in [-0.39, 0.29) is 6.04 Å². The second-order valence-corrected chi connectivity index (χ2v) is 3.04. The van der Waals surface area contributed by atoms with Crippen LogP contribution in [0.15, 0.2) is 5.18 Å². The standard InChI is InChI=1S/C9H19NO/c1-4-7-8(5-2)9(6-3)10-11/h8-9H,4-7H2,1-3H3. The Balaban J connectivity index is 3.86. The first-order valence-corrected chi connectivity index (χ1v) is 4.62. The maximum atomic E-state index is 10.4. The van der Waals surface area contributed by atoms with E-state index >= 15 is 0 Å². The van der Waals surface area contributed by atoms with Gasteiger partial charge in [-0.1, -0.05) is 38.8 Å². The molecule has 11 heavy (non-hydrogen) atoms. The van der Waals surface area contributed by atoms with Gasteiger partial charge in [0.1, 0.15) is 0 Å². The summed E-state index contributed by atoms with van der Waals surface area (Å²) < 4.78 is 0. The molecule has 0 heterocycles. The predicted molar refractivity (Wildman–Crippen MR) is 48.6 cm³/mol. The van der Waals surface area contributed by atoms with Crippen LogP contribution in [-0.4, -0.2) is 6.04 Å². The van der Waals surface area contributed by atoms with Gasteiger partial charge in [0.25, 0.3) is 0 Å². The largest absolute Gasteiger partial charge is 0.151 e. The molecule has 0 amide bonds. The van der Waals surface area contributed by atoms with Gasteiger partial charge < -0.3 is 0 Å². The molecule has 2 unspecified atom stereocenters. The normalized spacial score (nSPS) is 15.9. The van der Waals surface area contributed by atoms with E-state index in [0.29, 0.717) is 5.92 Å². The van der Waals surface area contributed by atoms with Crippen molar-refractivity contribution in [3.05, 3.63) is 4.91 Å². The van der Waals surface area contributed by atoms with E-state index in [1.165, 1.54) is 0 Å². The Kier molecular flexibility index (Phi) is 6.09. The summed E-state index contributed by atoms with van der Waals surface area (Å²) in [5.74, 6) is 0.516. The summed E-state index contributed by atoms with van der Waals surface area (Å²) >= 11 is 0. The lowest BCUT2D eigenvalue weighted by Crippen LogP contribution is -2.16. The fraction of sp³-hybridized carbons (Fsp3) is 1.00. The summed E-state index contributed by atoms with van der Waals surface area (Å²) in [5.41, 5.74) is 0. The molecule has 0 aromatic rings. The third kappa shape index (κ3) is 3.49. The van der Waals surface area contributed by atoms with Gasteiger partial charge in [-0.05, 0) is 18.8 Å². The fourth-order valence-electron chi connectivity index (χ4n) is 1.53. The van der Waals surface area contributed by atoms with E-state index < -0.39 is 0 Å². The molecule has 0 bridgehead atoms. The van der Waals surface area contributed by atoms with Crippen molar-refractivity contribution >= 4 is 0 Å². The van der Waals surface area contributed by atoms with Gasteiger partial charge in [-0.2, -0.15) is 4.91 Å². The molecule has 0 saturated heterocycles. The average molecular weight is 157 g/mol. The molecule has 2 nitrogen and oxygen atoms in total. The highest BCUT2D eigenvalue weighted by Crippen LogP contribution is 2.20. The number of nitrogens with zero attached hydrogens (tertiary/aromatic N) is 1. The molecular weight excluding hydrogens is 138 g/mol. The Morgan fingerprint density at radius 2 is 1.82 bits per heavy atom. The van der Waals surface area contributed by atoms with E-state index in [1.54, 1.807) is 0 Å². The Morgan fingerprint density at radius 3 is 2.09 bits per heavy atom. The number of nitroso groups, excluding NO2 is 1. The van der Waals surface area contributed by atoms with Crippen LogP contribution in [0.25, 0.3) is 0 Å². The van der Waals surface area contributed by atoms with E-state index in [0.717, 1.165) is 25.7 Å². The van der Waals surface area contributed by atoms with E-state index in [1.807, 2.05) is 6.92 Å². The predicted octanol–water partition coefficient (Wildman–Crippen LogP) is 3.36. The molecule has 0 radical (unpaired) electrons. The molecule has 0 spiro atoms. The minimum Gasteiger partial charge on any atom is -0.151 e. The molecule has 0 fully saturated rings. The van der Waals surface area contributed by atoms with Crippen LogP contribution in [0.4, 0.5) is 0 Å². The lowest BCUT2D eigenvalue weighted by atomic mass is 9.91. The van der Waals surface area contributed by atoms with E-state index in [4.69, 9.17) is 0 Å². The Labute approximate surface area is 69.4 Å². The SMILES string of the molecule is CCCC(CC)C(CC)N=O. The smallest absolute Gasteiger partial charge is 0.0945 e. The molecular formula is C9H19NO. The van der Waals surface area contributed by atoms with Crippen LogP contribution in [0.2, 0.25) is 0 Å². The molecule has 0 saturated carbocycles. The number of hydrogen-bond donors (Lipinski definition) is 0. The zero-order valence-corrected chi connectivity index (χ0v) is 7.84. The van der Waals surface area contributed by atoms with Crippen molar-refractivity contribution in [1.82, 2.24) is 0 Å². The van der Waals surface area contributed by atoms with Crippen LogP contribution in [-0.2, 0) is 0 Å². The Bertz CT molecular complexity index is 104. The van der Waals surface area contributed by atoms with Crippen molar-refractivity contribution in [1.29, 1.82) is 0 Å². The lowest BCUT2D eigenvalue weighted by Gasteiger charge is -2.17. The lowest BCUT2D eigenvalue weighted by molar-refractivity contribution is 0.370. The zero-order valence-electron chi connectivity index (χ0n) is 7.84. The van der Waals surface area contributed by atoms with Gasteiger partial charge >= 0.3 is 0 Å². The topological polar surface area (TPSA) is 29.4 Å². The highest BCUT2D eigenvalue weighted by molar-refractivity contribution is 4.72. The van der Waals surface area contributed by atoms with Gasteiger partial charge in [-0.3, -0.25) is 0 Å². The van der Waals surface area contributed by atoms with Crippen molar-refractivity contribution < 1.29 is 0 Å². The summed E-state index contributed by atoms with van der Waals surface area (Å²) in [6.07, 6.45) is 4.27. The van der Waals surface area contributed by atoms with Crippen molar-refractivity contribution in [2.45, 2.75) is 52.5 Å². The van der Waals surface area contributed by atoms with E-state index in [2.05, 4.69) is 19.0 Å². The van der Waals surface area contributed by atoms with Crippen molar-refractivity contribution in [2.24, 2.45) is 11.1 Å². The highest BCUT2D eigenvalue weighted by atomic mass is 16.3.